The molecule has 3 rings (SSSR count). The largest absolute Gasteiger partial charge is 0.481 e. The molecular weight excluding hydrogens is 270 g/mol. The fourth-order valence-electron chi connectivity index (χ4n) is 3.72. The number of carboxylic acid groups (broad SMARTS) is 1. The molecule has 3 fully saturated rings. The van der Waals surface area contributed by atoms with Crippen LogP contribution in [0.5, 0.6) is 0 Å². The van der Waals surface area contributed by atoms with Gasteiger partial charge in [-0.2, -0.15) is 0 Å². The maximum atomic E-state index is 12.1. The standard InChI is InChI=1S/C15H25N3O3/c1-15(13(19)20)7-2-3-12(15)17-14(21)16-10-6-8-18(9-10)11-4-5-11/h10-12H,2-9H2,1H3,(H,19,20)(H2,16,17,21). The van der Waals surface area contributed by atoms with Crippen LogP contribution in [-0.2, 0) is 4.79 Å². The number of nitrogens with zero attached hydrogens (tertiary/aromatic N) is 1. The number of rotatable bonds is 4. The van der Waals surface area contributed by atoms with Crippen LogP contribution in [0.3, 0.4) is 0 Å². The van der Waals surface area contributed by atoms with Crippen LogP contribution in [0.25, 0.3) is 0 Å². The molecule has 0 aromatic carbocycles. The summed E-state index contributed by atoms with van der Waals surface area (Å²) in [6, 6.07) is 0.459. The van der Waals surface area contributed by atoms with Crippen molar-refractivity contribution in [2.45, 2.75) is 63.6 Å². The number of likely N-dealkylation sites (tertiary alicyclic amines) is 1. The predicted octanol–water partition coefficient (Wildman–Crippen LogP) is 1.17. The lowest BCUT2D eigenvalue weighted by Gasteiger charge is -2.28. The first-order chi connectivity index (χ1) is 9.99. The first-order valence-corrected chi connectivity index (χ1v) is 8.03. The summed E-state index contributed by atoms with van der Waals surface area (Å²) >= 11 is 0. The molecule has 6 heteroatoms. The molecule has 3 unspecified atom stereocenters. The molecule has 3 N–H and O–H groups in total. The highest BCUT2D eigenvalue weighted by molar-refractivity contribution is 5.79. The van der Waals surface area contributed by atoms with Crippen LogP contribution < -0.4 is 10.6 Å². The Hall–Kier alpha value is -1.30. The topological polar surface area (TPSA) is 81.7 Å². The number of amides is 2. The van der Waals surface area contributed by atoms with Gasteiger partial charge in [0.2, 0.25) is 0 Å². The number of aliphatic carboxylic acids is 1. The number of carbonyl (C=O) groups is 2. The fraction of sp³-hybridized carbons (Fsp3) is 0.867. The lowest BCUT2D eigenvalue weighted by molar-refractivity contribution is -0.148. The highest BCUT2D eigenvalue weighted by Crippen LogP contribution is 2.38. The average Bonchev–Trinajstić information content (AvgIpc) is 3.07. The number of carboxylic acids is 1. The van der Waals surface area contributed by atoms with Crippen LogP contribution in [0.2, 0.25) is 0 Å². The second-order valence-electron chi connectivity index (χ2n) is 7.00. The van der Waals surface area contributed by atoms with Gasteiger partial charge in [0, 0.05) is 31.2 Å². The van der Waals surface area contributed by atoms with Crippen LogP contribution >= 0.6 is 0 Å². The zero-order valence-electron chi connectivity index (χ0n) is 12.6. The fourth-order valence-corrected chi connectivity index (χ4v) is 3.72. The number of hydrogen-bond acceptors (Lipinski definition) is 3. The smallest absolute Gasteiger partial charge is 0.315 e. The zero-order chi connectivity index (χ0) is 15.0. The van der Waals surface area contributed by atoms with Gasteiger partial charge in [-0.3, -0.25) is 9.69 Å². The molecule has 2 amide bonds. The Labute approximate surface area is 125 Å². The molecule has 0 spiro atoms. The van der Waals surface area contributed by atoms with E-state index in [4.69, 9.17) is 0 Å². The van der Waals surface area contributed by atoms with Crippen LogP contribution in [0.4, 0.5) is 4.79 Å². The Bertz CT molecular complexity index is 438. The third-order valence-corrected chi connectivity index (χ3v) is 5.37. The molecule has 6 nitrogen and oxygen atoms in total. The molecule has 118 valence electrons. The molecule has 2 saturated carbocycles. The minimum Gasteiger partial charge on any atom is -0.481 e. The molecule has 0 bridgehead atoms. The minimum atomic E-state index is -0.826. The summed E-state index contributed by atoms with van der Waals surface area (Å²) in [6.07, 6.45) is 5.80. The molecule has 1 saturated heterocycles. The van der Waals surface area contributed by atoms with Crippen molar-refractivity contribution >= 4 is 12.0 Å². The molecule has 1 aliphatic heterocycles. The van der Waals surface area contributed by atoms with E-state index in [0.717, 1.165) is 38.4 Å². The van der Waals surface area contributed by atoms with E-state index in [1.165, 1.54) is 12.8 Å². The number of carbonyl (C=O) groups excluding carboxylic acids is 1. The Morgan fingerprint density at radius 3 is 2.62 bits per heavy atom. The van der Waals surface area contributed by atoms with E-state index in [2.05, 4.69) is 15.5 Å². The van der Waals surface area contributed by atoms with Crippen molar-refractivity contribution < 1.29 is 14.7 Å². The van der Waals surface area contributed by atoms with E-state index in [9.17, 15) is 14.7 Å². The molecule has 21 heavy (non-hydrogen) atoms. The number of nitrogens with one attached hydrogen (secondary N) is 2. The van der Waals surface area contributed by atoms with Crippen molar-refractivity contribution in [1.29, 1.82) is 0 Å². The Kier molecular flexibility index (Phi) is 3.82. The average molecular weight is 295 g/mol. The summed E-state index contributed by atoms with van der Waals surface area (Å²) in [5.74, 6) is -0.814. The van der Waals surface area contributed by atoms with Gasteiger partial charge in [-0.05, 0) is 39.0 Å². The van der Waals surface area contributed by atoms with Crippen molar-refractivity contribution in [3.05, 3.63) is 0 Å². The van der Waals surface area contributed by atoms with E-state index >= 15 is 0 Å². The van der Waals surface area contributed by atoms with Crippen molar-refractivity contribution in [1.82, 2.24) is 15.5 Å². The predicted molar refractivity (Wildman–Crippen MR) is 78.0 cm³/mol. The lowest BCUT2D eigenvalue weighted by atomic mass is 9.85. The second kappa shape index (κ2) is 5.48. The first kappa shape index (κ1) is 14.6. The minimum absolute atomic E-state index is 0.197. The van der Waals surface area contributed by atoms with Gasteiger partial charge in [0.05, 0.1) is 5.41 Å². The van der Waals surface area contributed by atoms with E-state index in [0.29, 0.717) is 6.42 Å². The first-order valence-electron chi connectivity index (χ1n) is 8.03. The maximum absolute atomic E-state index is 12.1. The van der Waals surface area contributed by atoms with Gasteiger partial charge in [0.15, 0.2) is 0 Å². The third-order valence-electron chi connectivity index (χ3n) is 5.37. The van der Waals surface area contributed by atoms with Gasteiger partial charge in [-0.1, -0.05) is 6.42 Å². The van der Waals surface area contributed by atoms with E-state index in [1.54, 1.807) is 6.92 Å². The molecule has 0 radical (unpaired) electrons. The van der Waals surface area contributed by atoms with Crippen molar-refractivity contribution in [3.63, 3.8) is 0 Å². The number of hydrogen-bond donors (Lipinski definition) is 3. The number of urea groups is 1. The zero-order valence-corrected chi connectivity index (χ0v) is 12.6. The summed E-state index contributed by atoms with van der Waals surface area (Å²) in [6.45, 7) is 3.72. The van der Waals surface area contributed by atoms with Gasteiger partial charge in [0.25, 0.3) is 0 Å². The monoisotopic (exact) mass is 295 g/mol. The van der Waals surface area contributed by atoms with Crippen LogP contribution in [0.1, 0.15) is 45.4 Å². The van der Waals surface area contributed by atoms with Crippen LogP contribution in [0, 0.1) is 5.41 Å². The Balaban J connectivity index is 1.49. The molecular formula is C15H25N3O3. The third kappa shape index (κ3) is 3.00. The Morgan fingerprint density at radius 2 is 1.95 bits per heavy atom. The summed E-state index contributed by atoms with van der Waals surface area (Å²) in [5.41, 5.74) is -0.826. The normalized spacial score (nSPS) is 36.6. The molecule has 0 aromatic rings. The van der Waals surface area contributed by atoms with Gasteiger partial charge >= 0.3 is 12.0 Å². The van der Waals surface area contributed by atoms with Gasteiger partial charge < -0.3 is 15.7 Å². The summed E-state index contributed by atoms with van der Waals surface area (Å²) in [5, 5.41) is 15.3. The molecule has 1 heterocycles. The van der Waals surface area contributed by atoms with Crippen molar-refractivity contribution in [2.75, 3.05) is 13.1 Å². The molecule has 3 atom stereocenters. The summed E-state index contributed by atoms with van der Waals surface area (Å²) < 4.78 is 0. The van der Waals surface area contributed by atoms with Crippen LogP contribution in [-0.4, -0.2) is 53.2 Å². The maximum Gasteiger partial charge on any atom is 0.315 e. The van der Waals surface area contributed by atoms with Crippen LogP contribution in [0.15, 0.2) is 0 Å². The van der Waals surface area contributed by atoms with Crippen molar-refractivity contribution in [2.24, 2.45) is 5.41 Å². The Morgan fingerprint density at radius 1 is 1.19 bits per heavy atom. The highest BCUT2D eigenvalue weighted by atomic mass is 16.4. The summed E-state index contributed by atoms with van der Waals surface area (Å²) in [7, 11) is 0. The lowest BCUT2D eigenvalue weighted by Crippen LogP contribution is -2.52. The molecule has 0 aromatic heterocycles. The van der Waals surface area contributed by atoms with E-state index in [-0.39, 0.29) is 18.1 Å². The van der Waals surface area contributed by atoms with Crippen molar-refractivity contribution in [3.8, 4) is 0 Å². The highest BCUT2D eigenvalue weighted by Gasteiger charge is 2.46. The molecule has 2 aliphatic carbocycles. The van der Waals surface area contributed by atoms with E-state index < -0.39 is 11.4 Å². The molecule has 3 aliphatic rings. The second-order valence-corrected chi connectivity index (χ2v) is 7.00. The quantitative estimate of drug-likeness (QED) is 0.727. The SMILES string of the molecule is CC1(C(=O)O)CCCC1NC(=O)NC1CCN(C2CC2)C1. The van der Waals surface area contributed by atoms with Gasteiger partial charge in [-0.15, -0.1) is 0 Å². The van der Waals surface area contributed by atoms with Gasteiger partial charge in [0.1, 0.15) is 0 Å². The summed E-state index contributed by atoms with van der Waals surface area (Å²) in [4.78, 5) is 26.0. The van der Waals surface area contributed by atoms with E-state index in [1.807, 2.05) is 0 Å². The van der Waals surface area contributed by atoms with Gasteiger partial charge in [-0.25, -0.2) is 4.79 Å².